The minimum Gasteiger partial charge on any atom is -1.00 e. The molecule has 0 amide bonds. The van der Waals surface area contributed by atoms with Crippen LogP contribution in [0, 0.1) is 11.8 Å². The fraction of sp³-hybridized carbons (Fsp3) is 0.423. The Morgan fingerprint density at radius 3 is 1.31 bits per heavy atom. The molecular formula is C52H61Cl2F3SiZr-2. The number of aryl methyl sites for hydroxylation is 2. The van der Waals surface area contributed by atoms with Crippen LogP contribution < -0.4 is 24.8 Å². The molecule has 0 aromatic heterocycles. The fourth-order valence-corrected chi connectivity index (χ4v) is 10.5. The van der Waals surface area contributed by atoms with E-state index in [0.717, 1.165) is 24.7 Å². The van der Waals surface area contributed by atoms with Crippen molar-refractivity contribution < 1.29 is 61.3 Å². The molecule has 0 atom stereocenters. The Balaban J connectivity index is 0.000000211. The number of fused-ring (bicyclic) bond motifs is 2. The average Bonchev–Trinajstić information content (AvgIpc) is 3.84. The summed E-state index contributed by atoms with van der Waals surface area (Å²) in [6.45, 7) is 6.35. The number of benzene rings is 4. The molecule has 2 saturated carbocycles. The molecule has 59 heavy (non-hydrogen) atoms. The van der Waals surface area contributed by atoms with Gasteiger partial charge < -0.3 is 24.8 Å². The van der Waals surface area contributed by atoms with Gasteiger partial charge in [0.25, 0.3) is 0 Å². The first-order chi connectivity index (χ1) is 27.6. The Kier molecular flexibility index (Phi) is 20.3. The molecule has 314 valence electrons. The molecule has 8 rings (SSSR count). The maximum Gasteiger partial charge on any atom is -1.00 e. The van der Waals surface area contributed by atoms with E-state index in [2.05, 4.69) is 123 Å². The molecule has 6 aromatic carbocycles. The summed E-state index contributed by atoms with van der Waals surface area (Å²) in [5.41, 5.74) is 10.7. The van der Waals surface area contributed by atoms with Crippen LogP contribution in [-0.4, -0.2) is 11.6 Å². The first-order valence-corrected chi connectivity index (χ1v) is 27.6. The molecule has 6 aromatic rings. The summed E-state index contributed by atoms with van der Waals surface area (Å²) >= 11 is 1.29. The van der Waals surface area contributed by atoms with E-state index in [0.29, 0.717) is 6.04 Å². The third-order valence-electron chi connectivity index (χ3n) is 12.2. The van der Waals surface area contributed by atoms with E-state index in [-0.39, 0.29) is 24.8 Å². The molecule has 0 aliphatic heterocycles. The molecule has 0 unspecified atom stereocenters. The van der Waals surface area contributed by atoms with Crippen molar-refractivity contribution in [2.45, 2.75) is 129 Å². The average molecular weight is 933 g/mol. The second kappa shape index (κ2) is 24.3. The van der Waals surface area contributed by atoms with Crippen LogP contribution in [-0.2, 0) is 49.0 Å². The van der Waals surface area contributed by atoms with Gasteiger partial charge in [-0.25, -0.2) is 0 Å². The van der Waals surface area contributed by atoms with Gasteiger partial charge in [0, 0.05) is 0 Å². The number of halogens is 5. The molecule has 0 radical (unpaired) electrons. The van der Waals surface area contributed by atoms with Crippen LogP contribution in [0.25, 0.3) is 43.8 Å². The number of hydrogen-bond donors (Lipinski definition) is 0. The van der Waals surface area contributed by atoms with Gasteiger partial charge in [-0.3, -0.25) is 0 Å². The summed E-state index contributed by atoms with van der Waals surface area (Å²) in [6.07, 6.45) is 14.5. The van der Waals surface area contributed by atoms with Gasteiger partial charge in [-0.2, -0.15) is 12.1 Å². The number of hydrogen-bond acceptors (Lipinski definition) is 0. The van der Waals surface area contributed by atoms with Gasteiger partial charge in [-0.05, 0) is 59.8 Å². The van der Waals surface area contributed by atoms with Gasteiger partial charge in [0.05, 0.1) is 0 Å². The second-order valence-corrected chi connectivity index (χ2v) is 25.1. The zero-order valence-electron chi connectivity index (χ0n) is 35.3. The molecule has 0 bridgehead atoms. The predicted octanol–water partition coefficient (Wildman–Crippen LogP) is 9.94. The van der Waals surface area contributed by atoms with Gasteiger partial charge >= 0.3 is 67.1 Å². The van der Waals surface area contributed by atoms with Crippen LogP contribution in [0.2, 0.25) is 12.6 Å². The zero-order valence-corrected chi connectivity index (χ0v) is 40.2. The third-order valence-corrected chi connectivity index (χ3v) is 15.1. The minimum absolute atomic E-state index is 0. The zero-order chi connectivity index (χ0) is 40.2. The van der Waals surface area contributed by atoms with E-state index >= 15 is 0 Å². The smallest absolute Gasteiger partial charge is 1.00 e. The van der Waals surface area contributed by atoms with Gasteiger partial charge in [0.15, 0.2) is 0 Å². The van der Waals surface area contributed by atoms with E-state index in [1.165, 1.54) is 166 Å². The molecule has 0 saturated heterocycles. The van der Waals surface area contributed by atoms with Crippen molar-refractivity contribution in [2.24, 2.45) is 11.8 Å². The number of alkyl halides is 3. The molecule has 0 nitrogen and oxygen atoms in total. The van der Waals surface area contributed by atoms with Crippen LogP contribution in [0.5, 0.6) is 0 Å². The van der Waals surface area contributed by atoms with Gasteiger partial charge in [-0.15, -0.1) is 69.1 Å². The first kappa shape index (κ1) is 49.2. The van der Waals surface area contributed by atoms with E-state index in [9.17, 15) is 13.2 Å². The second-order valence-electron chi connectivity index (χ2n) is 16.8. The van der Waals surface area contributed by atoms with Crippen molar-refractivity contribution in [3.05, 3.63) is 131 Å². The SMILES string of the molecule is CCc1ccc(-c2cccc3[cH-]c(CC4CCCCC4)cc23)cc1.CCc1ccc(-c2cccc3[cH-]c(CC4CCCCC4)cc23)cc1.C[Si](=[Zr+2])CCC(F)(F)F.[Cl-].[Cl-]. The topological polar surface area (TPSA) is 0 Å². The van der Waals surface area contributed by atoms with E-state index in [1.807, 2.05) is 6.55 Å². The van der Waals surface area contributed by atoms with Crippen LogP contribution in [0.4, 0.5) is 13.2 Å². The summed E-state index contributed by atoms with van der Waals surface area (Å²) < 4.78 is 34.3. The summed E-state index contributed by atoms with van der Waals surface area (Å²) in [4.78, 5) is 0. The van der Waals surface area contributed by atoms with Crippen molar-refractivity contribution >= 4 is 27.0 Å². The van der Waals surface area contributed by atoms with E-state index < -0.39 is 18.0 Å². The molecule has 0 spiro atoms. The molecule has 0 heterocycles. The van der Waals surface area contributed by atoms with Gasteiger partial charge in [0.1, 0.15) is 0 Å². The van der Waals surface area contributed by atoms with Gasteiger partial charge in [0.2, 0.25) is 0 Å². The van der Waals surface area contributed by atoms with E-state index in [1.54, 1.807) is 0 Å². The summed E-state index contributed by atoms with van der Waals surface area (Å²) in [5.74, 6) is 1.81. The van der Waals surface area contributed by atoms with E-state index in [4.69, 9.17) is 0 Å². The van der Waals surface area contributed by atoms with Crippen molar-refractivity contribution in [3.63, 3.8) is 0 Å². The van der Waals surface area contributed by atoms with Crippen LogP contribution in [0.15, 0.2) is 109 Å². The maximum absolute atomic E-state index is 11.4. The summed E-state index contributed by atoms with van der Waals surface area (Å²) in [5, 5.41) is 5.65. The Morgan fingerprint density at radius 2 is 0.983 bits per heavy atom. The monoisotopic (exact) mass is 930 g/mol. The standard InChI is InChI=1S/2C24H27.C4H7F3Si.2ClH.Zr/c2*1-2-18-11-13-21(14-12-18)23-10-6-9-22-16-20(17-24(22)23)15-19-7-4-3-5-8-19;1-8-3-2-4(5,6)7;;;/h2*6,9-14,16-17,19H,2-5,7-8,15H2,1H3;2-3H2,1H3;2*1H;/q2*-1;;;;+2/p-2. The largest absolute Gasteiger partial charge is 1.00 e. The van der Waals surface area contributed by atoms with Crippen molar-refractivity contribution in [1.82, 2.24) is 0 Å². The quantitative estimate of drug-likeness (QED) is 0.0949. The van der Waals surface area contributed by atoms with Crippen LogP contribution in [0.1, 0.15) is 107 Å². The normalized spacial score (nSPS) is 14.7. The molecule has 2 aliphatic carbocycles. The predicted molar refractivity (Wildman–Crippen MR) is 236 cm³/mol. The fourth-order valence-electron chi connectivity index (χ4n) is 8.95. The summed E-state index contributed by atoms with van der Waals surface area (Å²) in [7, 11) is 0. The van der Waals surface area contributed by atoms with Crippen LogP contribution >= 0.6 is 0 Å². The third kappa shape index (κ3) is 14.9. The Morgan fingerprint density at radius 1 is 0.593 bits per heavy atom. The Hall–Kier alpha value is -2.43. The molecule has 7 heteroatoms. The molecule has 2 aliphatic rings. The van der Waals surface area contributed by atoms with Crippen molar-refractivity contribution in [1.29, 1.82) is 0 Å². The maximum atomic E-state index is 11.4. The minimum atomic E-state index is -3.93. The summed E-state index contributed by atoms with van der Waals surface area (Å²) in [6, 6.07) is 41.8. The first-order valence-electron chi connectivity index (χ1n) is 21.7. The molecule has 2 fully saturated rings. The Bertz CT molecular complexity index is 2010. The Labute approximate surface area is 380 Å². The molecular weight excluding hydrogens is 872 g/mol. The van der Waals surface area contributed by atoms with Crippen molar-refractivity contribution in [3.8, 4) is 22.3 Å². The van der Waals surface area contributed by atoms with Crippen molar-refractivity contribution in [2.75, 3.05) is 0 Å². The molecule has 0 N–H and O–H groups in total. The van der Waals surface area contributed by atoms with Crippen LogP contribution in [0.3, 0.4) is 0 Å². The van der Waals surface area contributed by atoms with Gasteiger partial charge in [-0.1, -0.05) is 150 Å². The number of rotatable bonds is 10.